The fourth-order valence-corrected chi connectivity index (χ4v) is 3.61. The average molecular weight is 369 g/mol. The van der Waals surface area contributed by atoms with Crippen LogP contribution in [0.25, 0.3) is 11.3 Å². The molecule has 3 aromatic rings. The van der Waals surface area contributed by atoms with Gasteiger partial charge in [0.15, 0.2) is 0 Å². The average Bonchev–Trinajstić information content (AvgIpc) is 3.13. The van der Waals surface area contributed by atoms with Crippen LogP contribution >= 0.6 is 11.6 Å². The summed E-state index contributed by atoms with van der Waals surface area (Å²) in [6.07, 6.45) is 8.19. The van der Waals surface area contributed by atoms with Crippen molar-refractivity contribution in [2.75, 3.05) is 13.1 Å². The molecule has 0 N–H and O–H groups in total. The highest BCUT2D eigenvalue weighted by atomic mass is 35.5. The first kappa shape index (κ1) is 17.1. The molecular formula is C20H18ClFN4. The summed E-state index contributed by atoms with van der Waals surface area (Å²) in [6, 6.07) is 8.87. The number of rotatable bonds is 4. The van der Waals surface area contributed by atoms with Crippen molar-refractivity contribution in [3.05, 3.63) is 77.2 Å². The Kier molecular flexibility index (Phi) is 4.91. The summed E-state index contributed by atoms with van der Waals surface area (Å²) in [4.78, 5) is 15.0. The summed E-state index contributed by atoms with van der Waals surface area (Å²) in [5.41, 5.74) is 4.03. The summed E-state index contributed by atoms with van der Waals surface area (Å²) in [5.74, 6) is 0.0419. The lowest BCUT2D eigenvalue weighted by Crippen LogP contribution is -2.20. The number of benzene rings is 1. The zero-order valence-electron chi connectivity index (χ0n) is 14.1. The maximum Gasteiger partial charge on any atom is 0.141 e. The minimum atomic E-state index is -0.414. The smallest absolute Gasteiger partial charge is 0.141 e. The third-order valence-electron chi connectivity index (χ3n) is 4.76. The Morgan fingerprint density at radius 3 is 2.81 bits per heavy atom. The molecular weight excluding hydrogens is 351 g/mol. The van der Waals surface area contributed by atoms with E-state index < -0.39 is 5.82 Å². The maximum absolute atomic E-state index is 13.4. The number of halogens is 2. The van der Waals surface area contributed by atoms with Gasteiger partial charge in [0.05, 0.1) is 10.7 Å². The molecule has 132 valence electrons. The van der Waals surface area contributed by atoms with E-state index in [-0.39, 0.29) is 5.02 Å². The number of hydrogen-bond donors (Lipinski definition) is 0. The molecule has 0 unspecified atom stereocenters. The summed E-state index contributed by atoms with van der Waals surface area (Å²) in [6.45, 7) is 2.89. The summed E-state index contributed by atoms with van der Waals surface area (Å²) in [5, 5.41) is 0.117. The van der Waals surface area contributed by atoms with Gasteiger partial charge in [-0.3, -0.25) is 9.88 Å². The highest BCUT2D eigenvalue weighted by Crippen LogP contribution is 2.31. The largest absolute Gasteiger partial charge is 0.298 e. The summed E-state index contributed by atoms with van der Waals surface area (Å²) < 4.78 is 13.4. The van der Waals surface area contributed by atoms with Gasteiger partial charge in [-0.1, -0.05) is 11.6 Å². The Hall–Kier alpha value is -2.37. The molecule has 4 nitrogen and oxygen atoms in total. The molecule has 0 aliphatic carbocycles. The zero-order valence-corrected chi connectivity index (χ0v) is 14.9. The van der Waals surface area contributed by atoms with E-state index in [2.05, 4.69) is 32.0 Å². The van der Waals surface area contributed by atoms with Crippen LogP contribution in [0, 0.1) is 5.82 Å². The van der Waals surface area contributed by atoms with Crippen LogP contribution in [-0.2, 0) is 6.54 Å². The van der Waals surface area contributed by atoms with Gasteiger partial charge in [-0.2, -0.15) is 0 Å². The Bertz CT molecular complexity index is 903. The van der Waals surface area contributed by atoms with Crippen molar-refractivity contribution in [2.24, 2.45) is 0 Å². The molecule has 1 aromatic carbocycles. The van der Waals surface area contributed by atoms with E-state index >= 15 is 0 Å². The van der Waals surface area contributed by atoms with Crippen LogP contribution in [0.3, 0.4) is 0 Å². The molecule has 26 heavy (non-hydrogen) atoms. The molecule has 1 aliphatic rings. The monoisotopic (exact) mass is 368 g/mol. The van der Waals surface area contributed by atoms with Crippen LogP contribution in [-0.4, -0.2) is 32.9 Å². The molecule has 0 spiro atoms. The maximum atomic E-state index is 13.4. The zero-order chi connectivity index (χ0) is 17.9. The van der Waals surface area contributed by atoms with E-state index in [4.69, 9.17) is 11.6 Å². The molecule has 1 atom stereocenters. The topological polar surface area (TPSA) is 41.9 Å². The Morgan fingerprint density at radius 1 is 1.15 bits per heavy atom. The highest BCUT2D eigenvalue weighted by molar-refractivity contribution is 6.31. The second-order valence-corrected chi connectivity index (χ2v) is 6.98. The molecule has 0 bridgehead atoms. The summed E-state index contributed by atoms with van der Waals surface area (Å²) in [7, 11) is 0. The van der Waals surface area contributed by atoms with Crippen molar-refractivity contribution in [2.45, 2.75) is 18.9 Å². The molecule has 3 heterocycles. The SMILES string of the molecule is Fc1ccc(-c2cc([C@@H]3CCN(Cc4cncnc4)C3)ccn2)cc1Cl. The molecule has 6 heteroatoms. The van der Waals surface area contributed by atoms with Gasteiger partial charge in [0.1, 0.15) is 12.1 Å². The van der Waals surface area contributed by atoms with Gasteiger partial charge < -0.3 is 0 Å². The number of pyridine rings is 1. The molecule has 1 aliphatic heterocycles. The van der Waals surface area contributed by atoms with Gasteiger partial charge >= 0.3 is 0 Å². The molecule has 0 saturated carbocycles. The highest BCUT2D eigenvalue weighted by Gasteiger charge is 2.24. The number of likely N-dealkylation sites (tertiary alicyclic amines) is 1. The van der Waals surface area contributed by atoms with E-state index in [0.29, 0.717) is 5.92 Å². The standard InChI is InChI=1S/C20H18ClFN4/c21-18-7-16(1-2-19(18)22)20-8-15(3-5-25-20)17-4-6-26(12-17)11-14-9-23-13-24-10-14/h1-3,5,7-10,13,17H,4,6,11-12H2/t17-/m1/s1. The molecule has 0 radical (unpaired) electrons. The lowest BCUT2D eigenvalue weighted by Gasteiger charge is -2.16. The predicted octanol–water partition coefficient (Wildman–Crippen LogP) is 4.32. The first-order chi connectivity index (χ1) is 12.7. The molecule has 4 rings (SSSR count). The first-order valence-corrected chi connectivity index (χ1v) is 8.94. The van der Waals surface area contributed by atoms with Crippen LogP contribution < -0.4 is 0 Å². The van der Waals surface area contributed by atoms with Crippen LogP contribution in [0.15, 0.2) is 55.2 Å². The minimum absolute atomic E-state index is 0.117. The van der Waals surface area contributed by atoms with Crippen molar-refractivity contribution < 1.29 is 4.39 Å². The molecule has 1 fully saturated rings. The third kappa shape index (κ3) is 3.74. The molecule has 0 amide bonds. The van der Waals surface area contributed by atoms with Crippen molar-refractivity contribution >= 4 is 11.6 Å². The minimum Gasteiger partial charge on any atom is -0.298 e. The van der Waals surface area contributed by atoms with Crippen LogP contribution in [0.4, 0.5) is 4.39 Å². The number of aromatic nitrogens is 3. The lowest BCUT2D eigenvalue weighted by molar-refractivity contribution is 0.326. The van der Waals surface area contributed by atoms with Crippen molar-refractivity contribution in [3.63, 3.8) is 0 Å². The number of nitrogens with zero attached hydrogens (tertiary/aromatic N) is 4. The summed E-state index contributed by atoms with van der Waals surface area (Å²) >= 11 is 5.91. The lowest BCUT2D eigenvalue weighted by atomic mass is 9.97. The molecule has 1 saturated heterocycles. The van der Waals surface area contributed by atoms with E-state index in [1.807, 2.05) is 18.6 Å². The quantitative estimate of drug-likeness (QED) is 0.687. The normalized spacial score (nSPS) is 17.5. The Balaban J connectivity index is 1.49. The van der Waals surface area contributed by atoms with Gasteiger partial charge in [0.25, 0.3) is 0 Å². The third-order valence-corrected chi connectivity index (χ3v) is 5.05. The predicted molar refractivity (Wildman–Crippen MR) is 99.3 cm³/mol. The van der Waals surface area contributed by atoms with E-state index in [9.17, 15) is 4.39 Å². The van der Waals surface area contributed by atoms with Gasteiger partial charge in [0, 0.05) is 42.8 Å². The Labute approximate surface area is 156 Å². The molecule has 2 aromatic heterocycles. The van der Waals surface area contributed by atoms with Gasteiger partial charge in [0.2, 0.25) is 0 Å². The van der Waals surface area contributed by atoms with E-state index in [0.717, 1.165) is 42.9 Å². The fourth-order valence-electron chi connectivity index (χ4n) is 3.43. The van der Waals surface area contributed by atoms with Crippen LogP contribution in [0.5, 0.6) is 0 Å². The van der Waals surface area contributed by atoms with Gasteiger partial charge in [-0.25, -0.2) is 14.4 Å². The van der Waals surface area contributed by atoms with Crippen LogP contribution in [0.1, 0.15) is 23.5 Å². The van der Waals surface area contributed by atoms with Crippen LogP contribution in [0.2, 0.25) is 5.02 Å². The van der Waals surface area contributed by atoms with Crippen molar-refractivity contribution in [1.29, 1.82) is 0 Å². The first-order valence-electron chi connectivity index (χ1n) is 8.56. The van der Waals surface area contributed by atoms with Gasteiger partial charge in [-0.15, -0.1) is 0 Å². The van der Waals surface area contributed by atoms with E-state index in [1.54, 1.807) is 18.5 Å². The number of hydrogen-bond acceptors (Lipinski definition) is 4. The fraction of sp³-hybridized carbons (Fsp3) is 0.250. The Morgan fingerprint density at radius 2 is 2.00 bits per heavy atom. The second kappa shape index (κ2) is 7.48. The second-order valence-electron chi connectivity index (χ2n) is 6.57. The van der Waals surface area contributed by atoms with E-state index in [1.165, 1.54) is 11.6 Å². The van der Waals surface area contributed by atoms with Gasteiger partial charge in [-0.05, 0) is 54.8 Å². The van der Waals surface area contributed by atoms with Crippen molar-refractivity contribution in [3.8, 4) is 11.3 Å². The van der Waals surface area contributed by atoms with Crippen molar-refractivity contribution in [1.82, 2.24) is 19.9 Å².